The number of hydrogen-bond acceptors (Lipinski definition) is 5. The molecule has 4 amide bonds. The second-order valence-corrected chi connectivity index (χ2v) is 8.14. The Labute approximate surface area is 184 Å². The molecule has 2 saturated heterocycles. The number of carbonyl (C=O) groups is 3. The molecule has 8 nitrogen and oxygen atoms in total. The Morgan fingerprint density at radius 1 is 1.03 bits per heavy atom. The Kier molecular flexibility index (Phi) is 4.96. The van der Waals surface area contributed by atoms with Gasteiger partial charge in [-0.2, -0.15) is 0 Å². The zero-order valence-corrected chi connectivity index (χ0v) is 17.4. The van der Waals surface area contributed by atoms with Crippen molar-refractivity contribution >= 4 is 23.5 Å². The first-order valence-corrected chi connectivity index (χ1v) is 10.6. The third-order valence-corrected chi connectivity index (χ3v) is 6.38. The number of nitrogens with zero attached hydrogens (tertiary/aromatic N) is 3. The number of piperazine rings is 1. The van der Waals surface area contributed by atoms with Gasteiger partial charge in [-0.15, -0.1) is 0 Å². The topological polar surface area (TPSA) is 82.2 Å². The molecule has 3 aliphatic heterocycles. The predicted molar refractivity (Wildman–Crippen MR) is 114 cm³/mol. The fourth-order valence-corrected chi connectivity index (χ4v) is 4.66. The third-order valence-electron chi connectivity index (χ3n) is 6.38. The van der Waals surface area contributed by atoms with Gasteiger partial charge >= 0.3 is 6.03 Å². The van der Waals surface area contributed by atoms with E-state index in [0.29, 0.717) is 56.2 Å². The molecule has 3 aliphatic rings. The van der Waals surface area contributed by atoms with Gasteiger partial charge in [-0.3, -0.25) is 14.5 Å². The smallest absolute Gasteiger partial charge is 0.325 e. The van der Waals surface area contributed by atoms with Crippen LogP contribution in [0.15, 0.2) is 48.5 Å². The van der Waals surface area contributed by atoms with E-state index in [2.05, 4.69) is 5.32 Å². The monoisotopic (exact) mass is 438 g/mol. The summed E-state index contributed by atoms with van der Waals surface area (Å²) in [5.41, 5.74) is -0.0812. The van der Waals surface area contributed by atoms with E-state index in [1.807, 2.05) is 4.90 Å². The minimum atomic E-state index is -1.20. The van der Waals surface area contributed by atoms with E-state index >= 15 is 0 Å². The number of halogens is 1. The van der Waals surface area contributed by atoms with Gasteiger partial charge in [-0.05, 0) is 18.2 Å². The molecule has 1 atom stereocenters. The van der Waals surface area contributed by atoms with Gasteiger partial charge in [0.15, 0.2) is 5.54 Å². The van der Waals surface area contributed by atoms with Crippen LogP contribution in [0.4, 0.5) is 14.9 Å². The van der Waals surface area contributed by atoms with Gasteiger partial charge in [0.05, 0.1) is 12.3 Å². The highest BCUT2D eigenvalue weighted by Gasteiger charge is 2.55. The number of urea groups is 1. The number of benzene rings is 2. The molecule has 0 radical (unpaired) electrons. The summed E-state index contributed by atoms with van der Waals surface area (Å²) in [6.45, 7) is 1.69. The predicted octanol–water partition coefficient (Wildman–Crippen LogP) is 1.70. The van der Waals surface area contributed by atoms with Crippen LogP contribution in [0.2, 0.25) is 0 Å². The number of ether oxygens (including phenoxy) is 1. The Morgan fingerprint density at radius 3 is 2.53 bits per heavy atom. The van der Waals surface area contributed by atoms with E-state index in [-0.39, 0.29) is 18.3 Å². The lowest BCUT2D eigenvalue weighted by Gasteiger charge is -2.36. The molecule has 166 valence electrons. The molecule has 2 fully saturated rings. The van der Waals surface area contributed by atoms with Crippen molar-refractivity contribution in [2.75, 3.05) is 44.2 Å². The molecule has 0 bridgehead atoms. The normalized spacial score (nSPS) is 22.6. The number of nitrogens with one attached hydrogen (secondary N) is 1. The van der Waals surface area contributed by atoms with Gasteiger partial charge in [0, 0.05) is 38.2 Å². The summed E-state index contributed by atoms with van der Waals surface area (Å²) in [4.78, 5) is 43.4. The first-order valence-electron chi connectivity index (χ1n) is 10.6. The molecule has 3 heterocycles. The van der Waals surface area contributed by atoms with Crippen LogP contribution in [0.25, 0.3) is 0 Å². The molecule has 0 saturated carbocycles. The number of hydrogen-bond donors (Lipinski definition) is 1. The summed E-state index contributed by atoms with van der Waals surface area (Å²) in [6, 6.07) is 13.1. The third kappa shape index (κ3) is 3.24. The van der Waals surface area contributed by atoms with Crippen LogP contribution in [-0.2, 0) is 15.1 Å². The number of fused-ring (bicyclic) bond motifs is 2. The van der Waals surface area contributed by atoms with Crippen LogP contribution in [0.5, 0.6) is 5.75 Å². The second kappa shape index (κ2) is 7.81. The van der Waals surface area contributed by atoms with Crippen molar-refractivity contribution in [2.24, 2.45) is 0 Å². The second-order valence-electron chi connectivity index (χ2n) is 8.14. The lowest BCUT2D eigenvalue weighted by molar-refractivity contribution is -0.139. The van der Waals surface area contributed by atoms with E-state index in [4.69, 9.17) is 4.74 Å². The van der Waals surface area contributed by atoms with Gasteiger partial charge in [0.25, 0.3) is 5.91 Å². The van der Waals surface area contributed by atoms with Crippen molar-refractivity contribution in [1.82, 2.24) is 15.1 Å². The zero-order valence-electron chi connectivity index (χ0n) is 17.4. The molecule has 2 aromatic carbocycles. The molecule has 0 aromatic heterocycles. The van der Waals surface area contributed by atoms with Gasteiger partial charge in [0.1, 0.15) is 18.1 Å². The largest absolute Gasteiger partial charge is 0.493 e. The molecule has 1 N–H and O–H groups in total. The number of carbonyl (C=O) groups excluding carboxylic acids is 3. The van der Waals surface area contributed by atoms with Gasteiger partial charge in [-0.1, -0.05) is 30.3 Å². The first kappa shape index (κ1) is 20.3. The Hall–Kier alpha value is -3.62. The molecule has 1 spiro atoms. The quantitative estimate of drug-likeness (QED) is 0.738. The van der Waals surface area contributed by atoms with Crippen LogP contribution < -0.4 is 15.0 Å². The van der Waals surface area contributed by atoms with Crippen molar-refractivity contribution in [1.29, 1.82) is 0 Å². The molecular formula is C23H23FN4O4. The van der Waals surface area contributed by atoms with E-state index in [1.165, 1.54) is 6.07 Å². The summed E-state index contributed by atoms with van der Waals surface area (Å²) >= 11 is 0. The summed E-state index contributed by atoms with van der Waals surface area (Å²) in [5, 5.41) is 2.81. The van der Waals surface area contributed by atoms with Gasteiger partial charge < -0.3 is 19.9 Å². The van der Waals surface area contributed by atoms with Crippen molar-refractivity contribution in [2.45, 2.75) is 12.0 Å². The van der Waals surface area contributed by atoms with Gasteiger partial charge in [0.2, 0.25) is 5.91 Å². The summed E-state index contributed by atoms with van der Waals surface area (Å²) < 4.78 is 19.7. The fraction of sp³-hybridized carbons (Fsp3) is 0.348. The van der Waals surface area contributed by atoms with E-state index < -0.39 is 17.5 Å². The number of amides is 4. The molecule has 9 heteroatoms. The van der Waals surface area contributed by atoms with E-state index in [1.54, 1.807) is 47.4 Å². The molecule has 0 aliphatic carbocycles. The maximum absolute atomic E-state index is 14.0. The summed E-state index contributed by atoms with van der Waals surface area (Å²) in [7, 11) is 0. The van der Waals surface area contributed by atoms with Crippen molar-refractivity contribution in [3.63, 3.8) is 0 Å². The number of para-hydroxylation sites is 2. The molecule has 2 aromatic rings. The zero-order chi connectivity index (χ0) is 22.3. The maximum Gasteiger partial charge on any atom is 0.325 e. The molecule has 5 rings (SSSR count). The van der Waals surface area contributed by atoms with Crippen LogP contribution >= 0.6 is 0 Å². The minimum Gasteiger partial charge on any atom is -0.493 e. The van der Waals surface area contributed by atoms with E-state index in [0.717, 1.165) is 4.90 Å². The standard InChI is InChI=1S/C23H23FN4O4/c24-17-6-2-3-7-18(17)26-10-12-27(13-11-26)20(29)15-28-21(30)23(25-22(28)31)9-14-32-19-8-4-1-5-16(19)23/h1-8H,9-15H2,(H,25,31)/t23-/m1/s1. The summed E-state index contributed by atoms with van der Waals surface area (Å²) in [5.74, 6) is -0.478. The number of imide groups is 1. The minimum absolute atomic E-state index is 0.294. The highest BCUT2D eigenvalue weighted by atomic mass is 19.1. The number of anilines is 1. The van der Waals surface area contributed by atoms with Crippen molar-refractivity contribution < 1.29 is 23.5 Å². The van der Waals surface area contributed by atoms with Crippen LogP contribution in [0, 0.1) is 5.82 Å². The van der Waals surface area contributed by atoms with Gasteiger partial charge in [-0.25, -0.2) is 9.18 Å². The Morgan fingerprint density at radius 2 is 1.75 bits per heavy atom. The Bertz CT molecular complexity index is 1090. The van der Waals surface area contributed by atoms with Crippen LogP contribution in [0.1, 0.15) is 12.0 Å². The van der Waals surface area contributed by atoms with Crippen LogP contribution in [-0.4, -0.2) is 67.0 Å². The molecular weight excluding hydrogens is 415 g/mol. The highest BCUT2D eigenvalue weighted by molar-refractivity contribution is 6.09. The van der Waals surface area contributed by atoms with Crippen molar-refractivity contribution in [3.8, 4) is 5.75 Å². The van der Waals surface area contributed by atoms with Crippen molar-refractivity contribution in [3.05, 3.63) is 59.9 Å². The number of rotatable bonds is 3. The lowest BCUT2D eigenvalue weighted by atomic mass is 9.84. The average molecular weight is 438 g/mol. The molecule has 0 unspecified atom stereocenters. The van der Waals surface area contributed by atoms with Crippen LogP contribution in [0.3, 0.4) is 0 Å². The SMILES string of the molecule is O=C(CN1C(=O)N[C@@]2(CCOc3ccccc32)C1=O)N1CCN(c2ccccc2F)CC1. The summed E-state index contributed by atoms with van der Waals surface area (Å²) in [6.07, 6.45) is 0.306. The highest BCUT2D eigenvalue weighted by Crippen LogP contribution is 2.40. The fourth-order valence-electron chi connectivity index (χ4n) is 4.66. The lowest BCUT2D eigenvalue weighted by Crippen LogP contribution is -2.52. The van der Waals surface area contributed by atoms with E-state index in [9.17, 15) is 18.8 Å². The first-order chi connectivity index (χ1) is 15.5. The molecule has 32 heavy (non-hydrogen) atoms. The average Bonchev–Trinajstić information content (AvgIpc) is 3.04. The maximum atomic E-state index is 14.0. The Balaban J connectivity index is 1.26.